The van der Waals surface area contributed by atoms with Crippen molar-refractivity contribution in [3.8, 4) is 0 Å². The molecule has 27 heavy (non-hydrogen) atoms. The number of ketones is 1. The molecule has 1 aliphatic rings. The average Bonchev–Trinajstić information content (AvgIpc) is 3.46. The molecule has 1 atom stereocenters. The number of hydrogen-bond acceptors (Lipinski definition) is 4. The topological polar surface area (TPSA) is 72.0 Å². The minimum Gasteiger partial charge on any atom is -0.344 e. The number of carbonyl (C=O) groups is 2. The van der Waals surface area contributed by atoms with Crippen molar-refractivity contribution in [2.24, 2.45) is 5.92 Å². The summed E-state index contributed by atoms with van der Waals surface area (Å²) >= 11 is 0. The second kappa shape index (κ2) is 7.46. The largest absolute Gasteiger partial charge is 0.416 e. The van der Waals surface area contributed by atoms with Gasteiger partial charge >= 0.3 is 6.18 Å². The van der Waals surface area contributed by atoms with Crippen LogP contribution in [0.1, 0.15) is 53.2 Å². The van der Waals surface area contributed by atoms with Gasteiger partial charge in [0, 0.05) is 12.1 Å². The highest BCUT2D eigenvalue weighted by Crippen LogP contribution is 2.31. The van der Waals surface area contributed by atoms with Crippen LogP contribution in [0.3, 0.4) is 0 Å². The number of rotatable bonds is 6. The number of carbonyl (C=O) groups excluding carboxylic acids is 2. The predicted octanol–water partition coefficient (Wildman–Crippen LogP) is 3.51. The number of nitrogens with one attached hydrogen (secondary N) is 1. The maximum absolute atomic E-state index is 12.8. The zero-order chi connectivity index (χ0) is 19.6. The number of nitrogens with zero attached hydrogens (tertiary/aromatic N) is 2. The Hall–Kier alpha value is -2.77. The second-order valence-electron chi connectivity index (χ2n) is 6.59. The molecule has 1 aromatic carbocycles. The van der Waals surface area contributed by atoms with Crippen LogP contribution in [0.5, 0.6) is 0 Å². The maximum atomic E-state index is 12.8. The summed E-state index contributed by atoms with van der Waals surface area (Å²) in [4.78, 5) is 32.4. The van der Waals surface area contributed by atoms with E-state index in [-0.39, 0.29) is 29.6 Å². The first-order valence-electron chi connectivity index (χ1n) is 8.56. The van der Waals surface area contributed by atoms with Crippen molar-refractivity contribution in [1.82, 2.24) is 15.3 Å². The van der Waals surface area contributed by atoms with Crippen LogP contribution in [-0.4, -0.2) is 21.7 Å². The monoisotopic (exact) mass is 377 g/mol. The lowest BCUT2D eigenvalue weighted by Crippen LogP contribution is -2.28. The van der Waals surface area contributed by atoms with Crippen LogP contribution in [0.4, 0.5) is 13.2 Å². The third-order valence-corrected chi connectivity index (χ3v) is 4.36. The van der Waals surface area contributed by atoms with E-state index in [9.17, 15) is 22.8 Å². The number of hydrogen-bond donors (Lipinski definition) is 1. The molecule has 0 saturated heterocycles. The highest BCUT2D eigenvalue weighted by atomic mass is 19.4. The summed E-state index contributed by atoms with van der Waals surface area (Å²) in [6, 6.07) is 5.55. The van der Waals surface area contributed by atoms with Gasteiger partial charge in [0.25, 0.3) is 5.91 Å². The van der Waals surface area contributed by atoms with Gasteiger partial charge in [-0.1, -0.05) is 12.1 Å². The molecule has 1 aromatic heterocycles. The van der Waals surface area contributed by atoms with Gasteiger partial charge in [-0.05, 0) is 43.5 Å². The molecule has 1 saturated carbocycles. The first kappa shape index (κ1) is 19.0. The standard InChI is InChI=1S/C19H18F3N3O2/c1-11(13-3-2-4-14(9-13)19(20,21)22)24-18(27)15-7-8-23-17(25-15)10-16(26)12-5-6-12/h2-4,7-9,11-12H,5-6,10H2,1H3,(H,24,27)/t11-/m1/s1. The fourth-order valence-electron chi connectivity index (χ4n) is 2.65. The molecule has 1 aliphatic carbocycles. The van der Waals surface area contributed by atoms with E-state index in [1.54, 1.807) is 6.92 Å². The van der Waals surface area contributed by atoms with E-state index >= 15 is 0 Å². The van der Waals surface area contributed by atoms with Gasteiger partial charge in [0.05, 0.1) is 18.0 Å². The van der Waals surface area contributed by atoms with Crippen LogP contribution in [0.15, 0.2) is 36.5 Å². The Bertz CT molecular complexity index is 863. The third-order valence-electron chi connectivity index (χ3n) is 4.36. The van der Waals surface area contributed by atoms with E-state index in [2.05, 4.69) is 15.3 Å². The molecule has 2 aromatic rings. The van der Waals surface area contributed by atoms with Gasteiger partial charge in [-0.25, -0.2) is 9.97 Å². The van der Waals surface area contributed by atoms with Gasteiger partial charge in [0.1, 0.15) is 17.3 Å². The van der Waals surface area contributed by atoms with Crippen molar-refractivity contribution in [1.29, 1.82) is 0 Å². The highest BCUT2D eigenvalue weighted by molar-refractivity contribution is 5.92. The number of benzene rings is 1. The van der Waals surface area contributed by atoms with Crippen molar-refractivity contribution in [3.05, 3.63) is 59.2 Å². The van der Waals surface area contributed by atoms with Crippen LogP contribution >= 0.6 is 0 Å². The molecule has 0 spiro atoms. The van der Waals surface area contributed by atoms with Crippen molar-refractivity contribution < 1.29 is 22.8 Å². The fourth-order valence-corrected chi connectivity index (χ4v) is 2.65. The lowest BCUT2D eigenvalue weighted by molar-refractivity contribution is -0.137. The molecule has 1 fully saturated rings. The molecule has 0 radical (unpaired) electrons. The van der Waals surface area contributed by atoms with Crippen molar-refractivity contribution in [2.75, 3.05) is 0 Å². The molecular formula is C19H18F3N3O2. The number of alkyl halides is 3. The number of halogens is 3. The molecule has 0 aliphatic heterocycles. The molecule has 8 heteroatoms. The summed E-state index contributed by atoms with van der Waals surface area (Å²) in [6.45, 7) is 1.59. The zero-order valence-corrected chi connectivity index (χ0v) is 14.6. The van der Waals surface area contributed by atoms with Crippen LogP contribution < -0.4 is 5.32 Å². The highest BCUT2D eigenvalue weighted by Gasteiger charge is 2.31. The number of aromatic nitrogens is 2. The lowest BCUT2D eigenvalue weighted by Gasteiger charge is -2.16. The van der Waals surface area contributed by atoms with E-state index in [1.165, 1.54) is 24.4 Å². The quantitative estimate of drug-likeness (QED) is 0.836. The van der Waals surface area contributed by atoms with Crippen molar-refractivity contribution >= 4 is 11.7 Å². The van der Waals surface area contributed by atoms with E-state index < -0.39 is 23.7 Å². The Kier molecular flexibility index (Phi) is 5.25. The van der Waals surface area contributed by atoms with Crippen LogP contribution in [0.2, 0.25) is 0 Å². The van der Waals surface area contributed by atoms with Crippen molar-refractivity contribution in [2.45, 2.75) is 38.4 Å². The fraction of sp³-hybridized carbons (Fsp3) is 0.368. The van der Waals surface area contributed by atoms with E-state index in [4.69, 9.17) is 0 Å². The van der Waals surface area contributed by atoms with Gasteiger partial charge in [-0.3, -0.25) is 9.59 Å². The Balaban J connectivity index is 1.68. The second-order valence-corrected chi connectivity index (χ2v) is 6.59. The first-order valence-corrected chi connectivity index (χ1v) is 8.56. The Morgan fingerprint density at radius 3 is 2.67 bits per heavy atom. The van der Waals surface area contributed by atoms with Gasteiger partial charge in [0.15, 0.2) is 0 Å². The minimum absolute atomic E-state index is 0.0601. The molecule has 0 bridgehead atoms. The molecule has 0 unspecified atom stereocenters. The van der Waals surface area contributed by atoms with Gasteiger partial charge in [-0.2, -0.15) is 13.2 Å². The Morgan fingerprint density at radius 2 is 2.00 bits per heavy atom. The maximum Gasteiger partial charge on any atom is 0.416 e. The van der Waals surface area contributed by atoms with E-state index in [0.29, 0.717) is 5.56 Å². The SMILES string of the molecule is C[C@@H](NC(=O)c1ccnc(CC(=O)C2CC2)n1)c1cccc(C(F)(F)F)c1. The van der Waals surface area contributed by atoms with E-state index in [0.717, 1.165) is 25.0 Å². The summed E-state index contributed by atoms with van der Waals surface area (Å²) < 4.78 is 38.5. The Labute approximate surface area is 154 Å². The Morgan fingerprint density at radius 1 is 1.26 bits per heavy atom. The molecule has 3 rings (SSSR count). The molecule has 1 N–H and O–H groups in total. The molecule has 1 amide bonds. The smallest absolute Gasteiger partial charge is 0.344 e. The van der Waals surface area contributed by atoms with Crippen LogP contribution in [-0.2, 0) is 17.4 Å². The summed E-state index contributed by atoms with van der Waals surface area (Å²) in [5.74, 6) is -0.134. The predicted molar refractivity (Wildman–Crippen MR) is 90.8 cm³/mol. The van der Waals surface area contributed by atoms with Gasteiger partial charge in [-0.15, -0.1) is 0 Å². The van der Waals surface area contributed by atoms with Gasteiger partial charge < -0.3 is 5.32 Å². The summed E-state index contributed by atoms with van der Waals surface area (Å²) in [5, 5.41) is 2.63. The molecule has 1 heterocycles. The normalized spacial score (nSPS) is 15.3. The number of Topliss-reactive ketones (excluding diaryl/α,β-unsaturated/α-hetero) is 1. The summed E-state index contributed by atoms with van der Waals surface area (Å²) in [5.41, 5.74) is -0.372. The molecule has 142 valence electrons. The lowest BCUT2D eigenvalue weighted by atomic mass is 10.0. The molecule has 5 nitrogen and oxygen atoms in total. The summed E-state index contributed by atoms with van der Waals surface area (Å²) in [7, 11) is 0. The molecular weight excluding hydrogens is 359 g/mol. The van der Waals surface area contributed by atoms with E-state index in [1.807, 2.05) is 0 Å². The van der Waals surface area contributed by atoms with Crippen molar-refractivity contribution in [3.63, 3.8) is 0 Å². The third kappa shape index (κ3) is 4.90. The average molecular weight is 377 g/mol. The van der Waals surface area contributed by atoms with Crippen LogP contribution in [0, 0.1) is 5.92 Å². The summed E-state index contributed by atoms with van der Waals surface area (Å²) in [6.07, 6.45) is -1.21. The first-order chi connectivity index (χ1) is 12.7. The number of amides is 1. The van der Waals surface area contributed by atoms with Crippen LogP contribution in [0.25, 0.3) is 0 Å². The van der Waals surface area contributed by atoms with Gasteiger partial charge in [0.2, 0.25) is 0 Å². The minimum atomic E-state index is -4.45. The zero-order valence-electron chi connectivity index (χ0n) is 14.6.